The molecule has 2 fully saturated rings. The molecular weight excluding hydrogens is 376 g/mol. The molecule has 0 radical (unpaired) electrons. The number of carbonyl (C=O) groups excluding carboxylic acids is 2. The maximum absolute atomic E-state index is 13.1. The van der Waals surface area contributed by atoms with Gasteiger partial charge in [0, 0.05) is 56.6 Å². The van der Waals surface area contributed by atoms with Crippen LogP contribution in [0.2, 0.25) is 0 Å². The number of nitrogens with one attached hydrogen (secondary N) is 1. The van der Waals surface area contributed by atoms with Crippen LogP contribution in [0.15, 0.2) is 18.3 Å². The Morgan fingerprint density at radius 2 is 1.90 bits per heavy atom. The van der Waals surface area contributed by atoms with Gasteiger partial charge in [-0.15, -0.1) is 0 Å². The predicted octanol–water partition coefficient (Wildman–Crippen LogP) is 3.40. The molecule has 0 aromatic carbocycles. The first-order chi connectivity index (χ1) is 14.4. The number of aromatic nitrogens is 1. The molecule has 1 saturated heterocycles. The van der Waals surface area contributed by atoms with Crippen LogP contribution in [-0.4, -0.2) is 64.9 Å². The molecule has 1 N–H and O–H groups in total. The quantitative estimate of drug-likeness (QED) is 0.823. The van der Waals surface area contributed by atoms with Gasteiger partial charge >= 0.3 is 0 Å². The van der Waals surface area contributed by atoms with Crippen LogP contribution in [0, 0.1) is 12.8 Å². The number of pyridine rings is 1. The molecule has 3 rings (SSSR count). The van der Waals surface area contributed by atoms with Gasteiger partial charge in [0.05, 0.1) is 5.56 Å². The van der Waals surface area contributed by atoms with Gasteiger partial charge in [-0.1, -0.05) is 33.1 Å². The zero-order valence-electron chi connectivity index (χ0n) is 19.0. The second kappa shape index (κ2) is 10.4. The van der Waals surface area contributed by atoms with Gasteiger partial charge in [-0.05, 0) is 44.2 Å². The maximum atomic E-state index is 13.1. The van der Waals surface area contributed by atoms with Crippen LogP contribution in [-0.2, 0) is 4.79 Å². The second-order valence-electron chi connectivity index (χ2n) is 9.49. The van der Waals surface area contributed by atoms with Crippen molar-refractivity contribution in [2.24, 2.45) is 5.92 Å². The number of hydrogen-bond donors (Lipinski definition) is 1. The van der Waals surface area contributed by atoms with E-state index in [1.165, 1.54) is 19.3 Å². The first kappa shape index (κ1) is 22.7. The van der Waals surface area contributed by atoms with Gasteiger partial charge in [0.2, 0.25) is 5.91 Å². The summed E-state index contributed by atoms with van der Waals surface area (Å²) in [5.74, 6) is 0.670. The topological polar surface area (TPSA) is 65.5 Å². The summed E-state index contributed by atoms with van der Waals surface area (Å²) in [5.41, 5.74) is 1.50. The first-order valence-electron chi connectivity index (χ1n) is 11.6. The molecular formula is C24H38N4O2. The SMILES string of the molecule is Cc1ccc(C(=O)N2CCCN(CC(C)C)C3(CCCCC3)CC(=O)NCC2)cn1. The summed E-state index contributed by atoms with van der Waals surface area (Å²) in [5, 5.41) is 3.10. The monoisotopic (exact) mass is 414 g/mol. The van der Waals surface area contributed by atoms with Crippen LogP contribution in [0.4, 0.5) is 0 Å². The standard InChI is InChI=1S/C24H38N4O2/c1-19(2)18-28-14-7-13-27(23(30)21-9-8-20(3)26-17-21)15-12-25-22(29)16-24(28)10-5-4-6-11-24/h8-9,17,19H,4-7,10-16,18H2,1-3H3,(H,25,29). The normalized spacial score (nSPS) is 21.3. The van der Waals surface area contributed by atoms with Crippen molar-refractivity contribution in [3.63, 3.8) is 0 Å². The number of amides is 2. The van der Waals surface area contributed by atoms with Crippen LogP contribution in [0.25, 0.3) is 0 Å². The first-order valence-corrected chi connectivity index (χ1v) is 11.6. The summed E-state index contributed by atoms with van der Waals surface area (Å²) in [7, 11) is 0. The van der Waals surface area contributed by atoms with E-state index in [0.717, 1.165) is 38.0 Å². The van der Waals surface area contributed by atoms with Crippen molar-refractivity contribution in [2.45, 2.75) is 71.3 Å². The molecule has 2 amide bonds. The molecule has 1 saturated carbocycles. The highest BCUT2D eigenvalue weighted by Crippen LogP contribution is 2.37. The summed E-state index contributed by atoms with van der Waals surface area (Å²) < 4.78 is 0. The van der Waals surface area contributed by atoms with Crippen molar-refractivity contribution in [1.29, 1.82) is 0 Å². The summed E-state index contributed by atoms with van der Waals surface area (Å²) in [6, 6.07) is 3.72. The Balaban J connectivity index is 1.77. The van der Waals surface area contributed by atoms with Crippen LogP contribution < -0.4 is 5.32 Å². The Labute approximate surface area is 181 Å². The fourth-order valence-corrected chi connectivity index (χ4v) is 5.01. The third-order valence-electron chi connectivity index (χ3n) is 6.54. The highest BCUT2D eigenvalue weighted by Gasteiger charge is 2.40. The van der Waals surface area contributed by atoms with Crippen molar-refractivity contribution in [3.05, 3.63) is 29.6 Å². The number of rotatable bonds is 3. The number of aryl methyl sites for hydroxylation is 1. The summed E-state index contributed by atoms with van der Waals surface area (Å²) in [6.07, 6.45) is 9.04. The molecule has 2 aliphatic rings. The fourth-order valence-electron chi connectivity index (χ4n) is 5.01. The van der Waals surface area contributed by atoms with E-state index >= 15 is 0 Å². The van der Waals surface area contributed by atoms with Crippen molar-refractivity contribution < 1.29 is 9.59 Å². The van der Waals surface area contributed by atoms with Gasteiger partial charge in [-0.25, -0.2) is 0 Å². The Kier molecular flexibility index (Phi) is 7.87. The van der Waals surface area contributed by atoms with Crippen LogP contribution in [0.3, 0.4) is 0 Å². The fraction of sp³-hybridized carbons (Fsp3) is 0.708. The lowest BCUT2D eigenvalue weighted by molar-refractivity contribution is -0.125. The Bertz CT molecular complexity index is 710. The van der Waals surface area contributed by atoms with E-state index in [1.807, 2.05) is 24.0 Å². The minimum atomic E-state index is -0.0212. The summed E-state index contributed by atoms with van der Waals surface area (Å²) in [4.78, 5) is 34.6. The molecule has 0 atom stereocenters. The Morgan fingerprint density at radius 1 is 1.13 bits per heavy atom. The van der Waals surface area contributed by atoms with E-state index in [2.05, 4.69) is 29.0 Å². The van der Waals surface area contributed by atoms with E-state index in [-0.39, 0.29) is 17.4 Å². The molecule has 1 aliphatic heterocycles. The molecule has 1 aromatic heterocycles. The molecule has 0 bridgehead atoms. The number of nitrogens with zero attached hydrogens (tertiary/aromatic N) is 3. The van der Waals surface area contributed by atoms with E-state index in [0.29, 0.717) is 37.5 Å². The Hall–Kier alpha value is -1.95. The van der Waals surface area contributed by atoms with Crippen LogP contribution in [0.1, 0.15) is 74.8 Å². The molecule has 0 unspecified atom stereocenters. The van der Waals surface area contributed by atoms with Crippen molar-refractivity contribution in [3.8, 4) is 0 Å². The lowest BCUT2D eigenvalue weighted by Crippen LogP contribution is -2.54. The smallest absolute Gasteiger partial charge is 0.255 e. The molecule has 6 heteroatoms. The molecule has 166 valence electrons. The van der Waals surface area contributed by atoms with E-state index in [9.17, 15) is 9.59 Å². The zero-order chi connectivity index (χ0) is 21.6. The average Bonchev–Trinajstić information content (AvgIpc) is 2.74. The summed E-state index contributed by atoms with van der Waals surface area (Å²) in [6.45, 7) is 10.1. The maximum Gasteiger partial charge on any atom is 0.255 e. The van der Waals surface area contributed by atoms with Crippen molar-refractivity contribution >= 4 is 11.8 Å². The van der Waals surface area contributed by atoms with Gasteiger partial charge in [0.15, 0.2) is 0 Å². The third-order valence-corrected chi connectivity index (χ3v) is 6.54. The third kappa shape index (κ3) is 5.81. The highest BCUT2D eigenvalue weighted by molar-refractivity contribution is 5.94. The molecule has 1 spiro atoms. The van der Waals surface area contributed by atoms with Gasteiger partial charge < -0.3 is 10.2 Å². The Morgan fingerprint density at radius 3 is 2.57 bits per heavy atom. The predicted molar refractivity (Wildman–Crippen MR) is 119 cm³/mol. The van der Waals surface area contributed by atoms with Crippen molar-refractivity contribution in [1.82, 2.24) is 20.1 Å². The van der Waals surface area contributed by atoms with Gasteiger partial charge in [-0.2, -0.15) is 0 Å². The van der Waals surface area contributed by atoms with Gasteiger partial charge in [0.1, 0.15) is 0 Å². The zero-order valence-corrected chi connectivity index (χ0v) is 19.0. The second-order valence-corrected chi connectivity index (χ2v) is 9.49. The largest absolute Gasteiger partial charge is 0.354 e. The van der Waals surface area contributed by atoms with Gasteiger partial charge in [-0.3, -0.25) is 19.5 Å². The highest BCUT2D eigenvalue weighted by atomic mass is 16.2. The summed E-state index contributed by atoms with van der Waals surface area (Å²) >= 11 is 0. The lowest BCUT2D eigenvalue weighted by atomic mass is 9.77. The van der Waals surface area contributed by atoms with Crippen LogP contribution >= 0.6 is 0 Å². The number of hydrogen-bond acceptors (Lipinski definition) is 4. The van der Waals surface area contributed by atoms with E-state index in [1.54, 1.807) is 6.20 Å². The van der Waals surface area contributed by atoms with Crippen LogP contribution in [0.5, 0.6) is 0 Å². The lowest BCUT2D eigenvalue weighted by Gasteiger charge is -2.47. The molecule has 30 heavy (non-hydrogen) atoms. The molecule has 1 aromatic rings. The minimum Gasteiger partial charge on any atom is -0.354 e. The molecule has 1 aliphatic carbocycles. The minimum absolute atomic E-state index is 0.00112. The van der Waals surface area contributed by atoms with E-state index < -0.39 is 0 Å². The van der Waals surface area contributed by atoms with Crippen molar-refractivity contribution in [2.75, 3.05) is 32.7 Å². The van der Waals surface area contributed by atoms with E-state index in [4.69, 9.17) is 0 Å². The van der Waals surface area contributed by atoms with Gasteiger partial charge in [0.25, 0.3) is 5.91 Å². The number of carbonyl (C=O) groups is 2. The average molecular weight is 415 g/mol. The molecule has 6 nitrogen and oxygen atoms in total. The molecule has 2 heterocycles.